The van der Waals surface area contributed by atoms with Crippen LogP contribution in [0.1, 0.15) is 44.4 Å². The fourth-order valence-electron chi connectivity index (χ4n) is 3.84. The SMILES string of the molecule is CCc1cccnc1C1(CNc2ccc(-c3ccnc(NC(C)=O)n3)nn2)CCC1. The van der Waals surface area contributed by atoms with E-state index in [0.717, 1.165) is 31.6 Å². The molecule has 1 aliphatic rings. The highest BCUT2D eigenvalue weighted by Crippen LogP contribution is 2.44. The Balaban J connectivity index is 1.47. The van der Waals surface area contributed by atoms with Gasteiger partial charge in [0.2, 0.25) is 11.9 Å². The van der Waals surface area contributed by atoms with Gasteiger partial charge in [-0.25, -0.2) is 9.97 Å². The van der Waals surface area contributed by atoms with Gasteiger partial charge in [0, 0.05) is 31.3 Å². The summed E-state index contributed by atoms with van der Waals surface area (Å²) < 4.78 is 0. The van der Waals surface area contributed by atoms with Crippen LogP contribution in [0.25, 0.3) is 11.4 Å². The van der Waals surface area contributed by atoms with Gasteiger partial charge in [-0.05, 0) is 49.1 Å². The van der Waals surface area contributed by atoms with Gasteiger partial charge in [-0.3, -0.25) is 15.1 Å². The third kappa shape index (κ3) is 4.12. The number of carbonyl (C=O) groups excluding carboxylic acids is 1. The van der Waals surface area contributed by atoms with Crippen LogP contribution in [-0.4, -0.2) is 37.6 Å². The maximum absolute atomic E-state index is 11.2. The zero-order valence-corrected chi connectivity index (χ0v) is 17.2. The number of nitrogens with one attached hydrogen (secondary N) is 2. The molecular formula is C22H25N7O. The highest BCUT2D eigenvalue weighted by molar-refractivity contribution is 5.86. The van der Waals surface area contributed by atoms with Gasteiger partial charge in [0.25, 0.3) is 0 Å². The predicted molar refractivity (Wildman–Crippen MR) is 115 cm³/mol. The van der Waals surface area contributed by atoms with Gasteiger partial charge in [-0.15, -0.1) is 10.2 Å². The number of pyridine rings is 1. The second-order valence-corrected chi connectivity index (χ2v) is 7.60. The lowest BCUT2D eigenvalue weighted by molar-refractivity contribution is -0.114. The fraction of sp³-hybridized carbons (Fsp3) is 0.364. The number of anilines is 2. The Morgan fingerprint density at radius 1 is 1.07 bits per heavy atom. The Morgan fingerprint density at radius 2 is 1.93 bits per heavy atom. The number of nitrogens with zero attached hydrogens (tertiary/aromatic N) is 5. The largest absolute Gasteiger partial charge is 0.368 e. The average Bonchev–Trinajstić information content (AvgIpc) is 2.73. The van der Waals surface area contributed by atoms with Crippen LogP contribution in [0, 0.1) is 0 Å². The summed E-state index contributed by atoms with van der Waals surface area (Å²) in [4.78, 5) is 24.3. The molecule has 30 heavy (non-hydrogen) atoms. The van der Waals surface area contributed by atoms with Crippen LogP contribution in [0.3, 0.4) is 0 Å². The Labute approximate surface area is 175 Å². The molecule has 1 aliphatic carbocycles. The van der Waals surface area contributed by atoms with E-state index in [1.165, 1.54) is 24.6 Å². The molecule has 4 rings (SSSR count). The first-order valence-electron chi connectivity index (χ1n) is 10.2. The first-order chi connectivity index (χ1) is 14.6. The first kappa shape index (κ1) is 19.9. The van der Waals surface area contributed by atoms with E-state index >= 15 is 0 Å². The van der Waals surface area contributed by atoms with Crippen molar-refractivity contribution in [2.45, 2.75) is 44.9 Å². The predicted octanol–water partition coefficient (Wildman–Crippen LogP) is 3.38. The van der Waals surface area contributed by atoms with Crippen LogP contribution in [0.2, 0.25) is 0 Å². The van der Waals surface area contributed by atoms with Crippen LogP contribution < -0.4 is 10.6 Å². The number of hydrogen-bond acceptors (Lipinski definition) is 7. The molecule has 8 nitrogen and oxygen atoms in total. The molecule has 154 valence electrons. The van der Waals surface area contributed by atoms with Crippen molar-refractivity contribution >= 4 is 17.7 Å². The summed E-state index contributed by atoms with van der Waals surface area (Å²) in [6.45, 7) is 4.37. The van der Waals surface area contributed by atoms with Crippen LogP contribution >= 0.6 is 0 Å². The van der Waals surface area contributed by atoms with Gasteiger partial charge in [0.1, 0.15) is 11.5 Å². The summed E-state index contributed by atoms with van der Waals surface area (Å²) in [5.74, 6) is 0.745. The van der Waals surface area contributed by atoms with Crippen molar-refractivity contribution in [3.63, 3.8) is 0 Å². The molecule has 0 atom stereocenters. The van der Waals surface area contributed by atoms with Crippen molar-refractivity contribution in [3.05, 3.63) is 54.0 Å². The van der Waals surface area contributed by atoms with Crippen molar-refractivity contribution in [2.75, 3.05) is 17.2 Å². The monoisotopic (exact) mass is 403 g/mol. The minimum atomic E-state index is -0.221. The molecule has 3 aromatic rings. The van der Waals surface area contributed by atoms with Crippen molar-refractivity contribution in [3.8, 4) is 11.4 Å². The molecule has 1 fully saturated rings. The summed E-state index contributed by atoms with van der Waals surface area (Å²) in [5, 5.41) is 14.6. The summed E-state index contributed by atoms with van der Waals surface area (Å²) in [5.41, 5.74) is 3.81. The highest BCUT2D eigenvalue weighted by atomic mass is 16.1. The zero-order chi connectivity index (χ0) is 21.0. The minimum absolute atomic E-state index is 0.0624. The maximum atomic E-state index is 11.2. The Kier molecular flexibility index (Phi) is 5.65. The molecule has 1 saturated carbocycles. The maximum Gasteiger partial charge on any atom is 0.229 e. The zero-order valence-electron chi connectivity index (χ0n) is 17.2. The van der Waals surface area contributed by atoms with Crippen LogP contribution in [0.4, 0.5) is 11.8 Å². The molecule has 0 aliphatic heterocycles. The number of rotatable bonds is 7. The van der Waals surface area contributed by atoms with Crippen LogP contribution in [0.15, 0.2) is 42.7 Å². The van der Waals surface area contributed by atoms with Crippen molar-refractivity contribution in [1.82, 2.24) is 25.1 Å². The number of carbonyl (C=O) groups is 1. The third-order valence-electron chi connectivity index (χ3n) is 5.56. The topological polar surface area (TPSA) is 106 Å². The normalized spacial score (nSPS) is 14.6. The van der Waals surface area contributed by atoms with Crippen LogP contribution in [-0.2, 0) is 16.6 Å². The van der Waals surface area contributed by atoms with Gasteiger partial charge in [0.15, 0.2) is 0 Å². The van der Waals surface area contributed by atoms with Gasteiger partial charge in [0.05, 0.1) is 11.4 Å². The molecule has 3 aromatic heterocycles. The second-order valence-electron chi connectivity index (χ2n) is 7.60. The van der Waals surface area contributed by atoms with E-state index < -0.39 is 0 Å². The fourth-order valence-corrected chi connectivity index (χ4v) is 3.84. The first-order valence-corrected chi connectivity index (χ1v) is 10.2. The lowest BCUT2D eigenvalue weighted by atomic mass is 9.65. The Hall–Kier alpha value is -3.42. The molecule has 0 bridgehead atoms. The van der Waals surface area contributed by atoms with E-state index in [1.807, 2.05) is 24.4 Å². The van der Waals surface area contributed by atoms with Gasteiger partial charge < -0.3 is 5.32 Å². The molecule has 0 saturated heterocycles. The van der Waals surface area contributed by atoms with E-state index in [1.54, 1.807) is 12.3 Å². The third-order valence-corrected chi connectivity index (χ3v) is 5.56. The molecule has 2 N–H and O–H groups in total. The minimum Gasteiger partial charge on any atom is -0.368 e. The van der Waals surface area contributed by atoms with Gasteiger partial charge >= 0.3 is 0 Å². The summed E-state index contributed by atoms with van der Waals surface area (Å²) >= 11 is 0. The van der Waals surface area contributed by atoms with Crippen molar-refractivity contribution in [2.24, 2.45) is 0 Å². The number of hydrogen-bond donors (Lipinski definition) is 2. The number of amides is 1. The van der Waals surface area contributed by atoms with E-state index in [2.05, 4.69) is 43.8 Å². The van der Waals surface area contributed by atoms with Crippen LogP contribution in [0.5, 0.6) is 0 Å². The van der Waals surface area contributed by atoms with E-state index in [4.69, 9.17) is 4.98 Å². The summed E-state index contributed by atoms with van der Waals surface area (Å²) in [6, 6.07) is 9.68. The molecule has 3 heterocycles. The van der Waals surface area contributed by atoms with E-state index in [9.17, 15) is 4.79 Å². The van der Waals surface area contributed by atoms with Gasteiger partial charge in [-0.1, -0.05) is 19.4 Å². The Bertz CT molecular complexity index is 1030. The molecule has 0 unspecified atom stereocenters. The standard InChI is InChI=1S/C22H25N7O/c1-3-16-6-4-12-23-20(16)22(10-5-11-22)14-25-19-8-7-18(28-29-19)17-9-13-24-21(27-17)26-15(2)30/h4,6-9,12-13H,3,5,10-11,14H2,1-2H3,(H,25,29)(H,24,26,27,30). The van der Waals surface area contributed by atoms with E-state index in [0.29, 0.717) is 11.4 Å². The highest BCUT2D eigenvalue weighted by Gasteiger charge is 2.41. The average molecular weight is 403 g/mol. The molecule has 1 amide bonds. The summed E-state index contributed by atoms with van der Waals surface area (Å²) in [7, 11) is 0. The van der Waals surface area contributed by atoms with Gasteiger partial charge in [-0.2, -0.15) is 0 Å². The molecule has 0 aromatic carbocycles. The summed E-state index contributed by atoms with van der Waals surface area (Å²) in [6.07, 6.45) is 7.93. The lowest BCUT2D eigenvalue weighted by Crippen LogP contribution is -2.42. The lowest BCUT2D eigenvalue weighted by Gasteiger charge is -2.42. The molecule has 0 radical (unpaired) electrons. The van der Waals surface area contributed by atoms with Crippen molar-refractivity contribution in [1.29, 1.82) is 0 Å². The van der Waals surface area contributed by atoms with Crippen molar-refractivity contribution < 1.29 is 4.79 Å². The number of aryl methyl sites for hydroxylation is 1. The second kappa shape index (κ2) is 8.52. The number of aromatic nitrogens is 5. The molecular weight excluding hydrogens is 378 g/mol. The smallest absolute Gasteiger partial charge is 0.229 e. The molecule has 8 heteroatoms. The quantitative estimate of drug-likeness (QED) is 0.623. The Morgan fingerprint density at radius 3 is 2.60 bits per heavy atom. The van der Waals surface area contributed by atoms with E-state index in [-0.39, 0.29) is 17.3 Å². The molecule has 0 spiro atoms.